The van der Waals surface area contributed by atoms with E-state index < -0.39 is 5.97 Å². The molecule has 4 nitrogen and oxygen atoms in total. The highest BCUT2D eigenvalue weighted by molar-refractivity contribution is 9.10. The van der Waals surface area contributed by atoms with Gasteiger partial charge in [0.2, 0.25) is 0 Å². The molecule has 0 amide bonds. The number of ether oxygens (including phenoxy) is 1. The summed E-state index contributed by atoms with van der Waals surface area (Å²) in [6.45, 7) is 3.84. The lowest BCUT2D eigenvalue weighted by atomic mass is 10.1. The second kappa shape index (κ2) is 6.61. The molecule has 0 fully saturated rings. The molecule has 0 radical (unpaired) electrons. The molecule has 1 aromatic rings. The maximum absolute atomic E-state index is 11.2. The van der Waals surface area contributed by atoms with Crippen molar-refractivity contribution in [3.8, 4) is 0 Å². The van der Waals surface area contributed by atoms with Gasteiger partial charge in [0.05, 0.1) is 17.9 Å². The third-order valence-electron chi connectivity index (χ3n) is 2.39. The first kappa shape index (κ1) is 14.0. The normalized spacial score (nSPS) is 10.3. The summed E-state index contributed by atoms with van der Waals surface area (Å²) in [4.78, 5) is 13.1. The van der Waals surface area contributed by atoms with Crippen molar-refractivity contribution in [2.75, 3.05) is 31.7 Å². The monoisotopic (exact) mass is 301 g/mol. The molecule has 0 heterocycles. The van der Waals surface area contributed by atoms with Crippen molar-refractivity contribution in [2.45, 2.75) is 6.92 Å². The van der Waals surface area contributed by atoms with Crippen molar-refractivity contribution >= 4 is 27.6 Å². The van der Waals surface area contributed by atoms with Gasteiger partial charge in [-0.05, 0) is 35.0 Å². The van der Waals surface area contributed by atoms with E-state index in [9.17, 15) is 9.90 Å². The number of nitrogens with zero attached hydrogens (tertiary/aromatic N) is 1. The molecular weight excluding hydrogens is 286 g/mol. The van der Waals surface area contributed by atoms with Crippen LogP contribution < -0.4 is 4.90 Å². The summed E-state index contributed by atoms with van der Waals surface area (Å²) in [5, 5.41) is 9.18. The highest BCUT2D eigenvalue weighted by Gasteiger charge is 2.16. The summed E-state index contributed by atoms with van der Waals surface area (Å²) in [5.41, 5.74) is 0.970. The van der Waals surface area contributed by atoms with E-state index in [4.69, 9.17) is 4.74 Å². The van der Waals surface area contributed by atoms with Gasteiger partial charge in [0.1, 0.15) is 0 Å². The van der Waals surface area contributed by atoms with Gasteiger partial charge < -0.3 is 14.7 Å². The van der Waals surface area contributed by atoms with E-state index in [-0.39, 0.29) is 5.56 Å². The lowest BCUT2D eigenvalue weighted by Gasteiger charge is -2.21. The molecule has 5 heteroatoms. The Morgan fingerprint density at radius 2 is 2.24 bits per heavy atom. The van der Waals surface area contributed by atoms with E-state index >= 15 is 0 Å². The number of rotatable bonds is 6. The molecule has 1 N–H and O–H groups in total. The van der Waals surface area contributed by atoms with Gasteiger partial charge in [0, 0.05) is 24.7 Å². The van der Waals surface area contributed by atoms with Gasteiger partial charge in [-0.2, -0.15) is 0 Å². The number of carboxylic acids is 1. The third kappa shape index (κ3) is 3.71. The topological polar surface area (TPSA) is 49.8 Å². The molecule has 0 aliphatic rings. The van der Waals surface area contributed by atoms with Gasteiger partial charge in [-0.25, -0.2) is 4.79 Å². The quantitative estimate of drug-likeness (QED) is 0.821. The number of carboxylic acid groups (broad SMARTS) is 1. The molecule has 0 spiro atoms. The average molecular weight is 302 g/mol. The van der Waals surface area contributed by atoms with Crippen LogP contribution in [0, 0.1) is 0 Å². The lowest BCUT2D eigenvalue weighted by Crippen LogP contribution is -2.24. The first-order valence-corrected chi connectivity index (χ1v) is 6.18. The standard InChI is InChI=1S/C12H16BrNO3/c1-3-17-8-7-14(2)10-6-4-5-9(13)11(10)12(15)16/h4-6H,3,7-8H2,1-2H3,(H,15,16). The second-order valence-electron chi connectivity index (χ2n) is 3.56. The van der Waals surface area contributed by atoms with Crippen LogP contribution in [-0.2, 0) is 4.74 Å². The fourth-order valence-corrected chi connectivity index (χ4v) is 2.03. The van der Waals surface area contributed by atoms with Crippen LogP contribution in [0.1, 0.15) is 17.3 Å². The van der Waals surface area contributed by atoms with Crippen LogP contribution in [-0.4, -0.2) is 37.9 Å². The Balaban J connectivity index is 2.89. The predicted molar refractivity (Wildman–Crippen MR) is 70.9 cm³/mol. The van der Waals surface area contributed by atoms with Crippen LogP contribution in [0.3, 0.4) is 0 Å². The summed E-state index contributed by atoms with van der Waals surface area (Å²) in [6.07, 6.45) is 0. The van der Waals surface area contributed by atoms with Gasteiger partial charge in [-0.1, -0.05) is 6.07 Å². The summed E-state index contributed by atoms with van der Waals surface area (Å²) >= 11 is 3.26. The molecule has 1 aromatic carbocycles. The fraction of sp³-hybridized carbons (Fsp3) is 0.417. The molecule has 1 rings (SSSR count). The number of benzene rings is 1. The number of hydrogen-bond acceptors (Lipinski definition) is 3. The Bertz CT molecular complexity index is 395. The highest BCUT2D eigenvalue weighted by atomic mass is 79.9. The van der Waals surface area contributed by atoms with Gasteiger partial charge in [-0.3, -0.25) is 0 Å². The van der Waals surface area contributed by atoms with Crippen molar-refractivity contribution in [1.82, 2.24) is 0 Å². The van der Waals surface area contributed by atoms with Crippen molar-refractivity contribution in [2.24, 2.45) is 0 Å². The van der Waals surface area contributed by atoms with Crippen molar-refractivity contribution in [3.63, 3.8) is 0 Å². The van der Waals surface area contributed by atoms with Gasteiger partial charge >= 0.3 is 5.97 Å². The molecule has 0 aromatic heterocycles. The molecule has 17 heavy (non-hydrogen) atoms. The SMILES string of the molecule is CCOCCN(C)c1cccc(Br)c1C(=O)O. The van der Waals surface area contributed by atoms with E-state index in [0.29, 0.717) is 29.9 Å². The van der Waals surface area contributed by atoms with Crippen LogP contribution in [0.25, 0.3) is 0 Å². The minimum atomic E-state index is -0.935. The number of hydrogen-bond donors (Lipinski definition) is 1. The zero-order valence-electron chi connectivity index (χ0n) is 9.94. The maximum Gasteiger partial charge on any atom is 0.338 e. The molecule has 0 saturated carbocycles. The van der Waals surface area contributed by atoms with Crippen molar-refractivity contribution in [3.05, 3.63) is 28.2 Å². The summed E-state index contributed by atoms with van der Waals surface area (Å²) in [7, 11) is 1.85. The maximum atomic E-state index is 11.2. The first-order valence-electron chi connectivity index (χ1n) is 5.38. The smallest absolute Gasteiger partial charge is 0.338 e. The average Bonchev–Trinajstić information content (AvgIpc) is 2.28. The summed E-state index contributed by atoms with van der Waals surface area (Å²) in [5.74, 6) is -0.935. The zero-order chi connectivity index (χ0) is 12.8. The number of anilines is 1. The van der Waals surface area contributed by atoms with E-state index in [1.54, 1.807) is 12.1 Å². The molecular formula is C12H16BrNO3. The largest absolute Gasteiger partial charge is 0.478 e. The minimum Gasteiger partial charge on any atom is -0.478 e. The molecule has 0 aliphatic carbocycles. The van der Waals surface area contributed by atoms with E-state index in [1.165, 1.54) is 0 Å². The Labute approximate surface area is 109 Å². The minimum absolute atomic E-state index is 0.284. The fourth-order valence-electron chi connectivity index (χ4n) is 1.51. The van der Waals surface area contributed by atoms with Crippen LogP contribution in [0.4, 0.5) is 5.69 Å². The van der Waals surface area contributed by atoms with Crippen LogP contribution in [0.5, 0.6) is 0 Å². The molecule has 94 valence electrons. The molecule has 0 unspecified atom stereocenters. The molecule has 0 saturated heterocycles. The van der Waals surface area contributed by atoms with Gasteiger partial charge in [0.25, 0.3) is 0 Å². The van der Waals surface area contributed by atoms with Gasteiger partial charge in [0.15, 0.2) is 0 Å². The van der Waals surface area contributed by atoms with Crippen LogP contribution >= 0.6 is 15.9 Å². The lowest BCUT2D eigenvalue weighted by molar-refractivity contribution is 0.0696. The third-order valence-corrected chi connectivity index (χ3v) is 3.05. The Morgan fingerprint density at radius 1 is 1.53 bits per heavy atom. The van der Waals surface area contributed by atoms with Crippen molar-refractivity contribution < 1.29 is 14.6 Å². The second-order valence-corrected chi connectivity index (χ2v) is 4.41. The zero-order valence-corrected chi connectivity index (χ0v) is 11.5. The summed E-state index contributed by atoms with van der Waals surface area (Å²) < 4.78 is 5.84. The number of halogens is 1. The first-order chi connectivity index (χ1) is 8.07. The summed E-state index contributed by atoms with van der Waals surface area (Å²) in [6, 6.07) is 5.34. The van der Waals surface area contributed by atoms with E-state index in [2.05, 4.69) is 15.9 Å². The molecule has 0 aliphatic heterocycles. The van der Waals surface area contributed by atoms with E-state index in [0.717, 1.165) is 0 Å². The highest BCUT2D eigenvalue weighted by Crippen LogP contribution is 2.27. The number of carbonyl (C=O) groups is 1. The Morgan fingerprint density at radius 3 is 2.82 bits per heavy atom. The number of likely N-dealkylation sites (N-methyl/N-ethyl adjacent to an activating group) is 1. The Kier molecular flexibility index (Phi) is 5.44. The van der Waals surface area contributed by atoms with Crippen molar-refractivity contribution in [1.29, 1.82) is 0 Å². The van der Waals surface area contributed by atoms with Gasteiger partial charge in [-0.15, -0.1) is 0 Å². The van der Waals surface area contributed by atoms with E-state index in [1.807, 2.05) is 24.9 Å². The molecule has 0 bridgehead atoms. The molecule has 0 atom stereocenters. The van der Waals surface area contributed by atoms with Crippen LogP contribution in [0.2, 0.25) is 0 Å². The Hall–Kier alpha value is -1.07. The van der Waals surface area contributed by atoms with Crippen LogP contribution in [0.15, 0.2) is 22.7 Å². The predicted octanol–water partition coefficient (Wildman–Crippen LogP) is 2.62. The number of aromatic carboxylic acids is 1.